The lowest BCUT2D eigenvalue weighted by Gasteiger charge is -2.36. The van der Waals surface area contributed by atoms with Crippen LogP contribution in [-0.4, -0.2) is 42.7 Å². The van der Waals surface area contributed by atoms with E-state index < -0.39 is 0 Å². The maximum absolute atomic E-state index is 13.1. The second-order valence-electron chi connectivity index (χ2n) is 8.11. The number of aromatic nitrogens is 1. The average molecular weight is 469 g/mol. The maximum atomic E-state index is 13.1. The molecule has 1 fully saturated rings. The second-order valence-corrected chi connectivity index (χ2v) is 9.00. The van der Waals surface area contributed by atoms with Gasteiger partial charge in [-0.1, -0.05) is 6.07 Å². The highest BCUT2D eigenvalue weighted by atomic mass is 32.1. The highest BCUT2D eigenvalue weighted by Crippen LogP contribution is 2.39. The molecule has 1 amide bonds. The predicted molar refractivity (Wildman–Crippen MR) is 127 cm³/mol. The van der Waals surface area contributed by atoms with Crippen molar-refractivity contribution >= 4 is 33.4 Å². The van der Waals surface area contributed by atoms with Crippen molar-refractivity contribution in [3.05, 3.63) is 53.0 Å². The molecule has 0 saturated heterocycles. The van der Waals surface area contributed by atoms with Crippen LogP contribution >= 0.6 is 11.3 Å². The third-order valence-electron chi connectivity index (χ3n) is 5.96. The molecule has 33 heavy (non-hydrogen) atoms. The first-order valence-electron chi connectivity index (χ1n) is 11.1. The Morgan fingerprint density at radius 2 is 2.00 bits per heavy atom. The number of amides is 1. The van der Waals surface area contributed by atoms with E-state index in [9.17, 15) is 9.59 Å². The number of hydrogen-bond donors (Lipinski definition) is 1. The minimum Gasteiger partial charge on any atom is -0.493 e. The predicted octanol–water partition coefficient (Wildman–Crippen LogP) is 4.70. The van der Waals surface area contributed by atoms with E-state index in [1.54, 1.807) is 18.7 Å². The summed E-state index contributed by atoms with van der Waals surface area (Å²) in [5, 5.41) is 3.23. The number of benzene rings is 2. The van der Waals surface area contributed by atoms with Crippen LogP contribution in [0, 0.1) is 0 Å². The Labute approximate surface area is 197 Å². The van der Waals surface area contributed by atoms with Crippen LogP contribution in [0.3, 0.4) is 0 Å². The van der Waals surface area contributed by atoms with Crippen molar-refractivity contribution in [3.8, 4) is 11.5 Å². The fourth-order valence-corrected chi connectivity index (χ4v) is 5.17. The van der Waals surface area contributed by atoms with Crippen molar-refractivity contribution in [1.29, 1.82) is 0 Å². The number of nitrogens with zero attached hydrogens (tertiary/aromatic N) is 1. The van der Waals surface area contributed by atoms with Gasteiger partial charge < -0.3 is 19.5 Å². The number of thiazole rings is 1. The summed E-state index contributed by atoms with van der Waals surface area (Å²) in [7, 11) is 1.61. The minimum absolute atomic E-state index is 0.0377. The summed E-state index contributed by atoms with van der Waals surface area (Å²) in [6, 6.07) is 11.3. The molecule has 4 rings (SSSR count). The number of nitrogens with one attached hydrogen (secondary N) is 1. The van der Waals surface area contributed by atoms with Gasteiger partial charge in [0, 0.05) is 24.4 Å². The molecular weight excluding hydrogens is 440 g/mol. The lowest BCUT2D eigenvalue weighted by Crippen LogP contribution is -2.44. The van der Waals surface area contributed by atoms with E-state index in [1.165, 1.54) is 18.3 Å². The Morgan fingerprint density at radius 3 is 2.76 bits per heavy atom. The number of fused-ring (bicyclic) bond motifs is 1. The van der Waals surface area contributed by atoms with E-state index in [-0.39, 0.29) is 29.9 Å². The lowest BCUT2D eigenvalue weighted by molar-refractivity contribution is -0.148. The molecule has 1 aliphatic carbocycles. The largest absolute Gasteiger partial charge is 0.493 e. The Bertz CT molecular complexity index is 1140. The number of ether oxygens (including phenoxy) is 3. The molecule has 0 radical (unpaired) electrons. The molecule has 1 aromatic heterocycles. The van der Waals surface area contributed by atoms with Gasteiger partial charge in [-0.15, -0.1) is 11.3 Å². The number of carbonyl (C=O) groups excluding carboxylic acids is 2. The fourth-order valence-electron chi connectivity index (χ4n) is 4.46. The average Bonchev–Trinajstić information content (AvgIpc) is 3.28. The van der Waals surface area contributed by atoms with Gasteiger partial charge in [-0.2, -0.15) is 0 Å². The SMILES string of the molecule is CCOc1cc(C2CC(OC(C)=O)CCC2NC(=O)c2ccc3ncsc3c2)ccc1OC. The quantitative estimate of drug-likeness (QED) is 0.506. The molecule has 0 bridgehead atoms. The van der Waals surface area contributed by atoms with Crippen molar-refractivity contribution in [2.75, 3.05) is 13.7 Å². The smallest absolute Gasteiger partial charge is 0.302 e. The van der Waals surface area contributed by atoms with Gasteiger partial charge in [-0.3, -0.25) is 9.59 Å². The number of hydrogen-bond acceptors (Lipinski definition) is 7. The van der Waals surface area contributed by atoms with E-state index in [1.807, 2.05) is 37.3 Å². The zero-order valence-electron chi connectivity index (χ0n) is 19.0. The van der Waals surface area contributed by atoms with Gasteiger partial charge in [0.2, 0.25) is 0 Å². The van der Waals surface area contributed by atoms with E-state index in [4.69, 9.17) is 14.2 Å². The van der Waals surface area contributed by atoms with Crippen molar-refractivity contribution < 1.29 is 23.8 Å². The van der Waals surface area contributed by atoms with Crippen LogP contribution in [0.5, 0.6) is 11.5 Å². The number of carbonyl (C=O) groups is 2. The topological polar surface area (TPSA) is 86.8 Å². The molecule has 7 nitrogen and oxygen atoms in total. The molecule has 8 heteroatoms. The zero-order valence-corrected chi connectivity index (χ0v) is 19.8. The molecular formula is C25H28N2O5S. The summed E-state index contributed by atoms with van der Waals surface area (Å²) < 4.78 is 17.7. The van der Waals surface area contributed by atoms with Crippen LogP contribution in [0.1, 0.15) is 54.9 Å². The first-order chi connectivity index (χ1) is 16.0. The summed E-state index contributed by atoms with van der Waals surface area (Å²) in [6.07, 6.45) is 1.83. The van der Waals surface area contributed by atoms with E-state index in [2.05, 4.69) is 10.3 Å². The van der Waals surface area contributed by atoms with Gasteiger partial charge >= 0.3 is 5.97 Å². The molecule has 3 atom stereocenters. The van der Waals surface area contributed by atoms with Gasteiger partial charge in [-0.25, -0.2) is 4.98 Å². The Hall–Kier alpha value is -3.13. The van der Waals surface area contributed by atoms with Gasteiger partial charge in [-0.05, 0) is 62.1 Å². The molecule has 2 aromatic carbocycles. The molecule has 1 heterocycles. The van der Waals surface area contributed by atoms with Crippen molar-refractivity contribution in [3.63, 3.8) is 0 Å². The molecule has 0 aliphatic heterocycles. The molecule has 174 valence electrons. The first kappa shape index (κ1) is 23.0. The number of rotatable bonds is 7. The van der Waals surface area contributed by atoms with E-state index in [0.29, 0.717) is 42.9 Å². The highest BCUT2D eigenvalue weighted by molar-refractivity contribution is 7.16. The second kappa shape index (κ2) is 10.2. The third-order valence-corrected chi connectivity index (χ3v) is 6.75. The first-order valence-corrected chi connectivity index (χ1v) is 12.0. The fraction of sp³-hybridized carbons (Fsp3) is 0.400. The van der Waals surface area contributed by atoms with Gasteiger partial charge in [0.25, 0.3) is 5.91 Å². The zero-order chi connectivity index (χ0) is 23.4. The summed E-state index contributed by atoms with van der Waals surface area (Å²) in [5.74, 6) is 0.872. The standard InChI is InChI=1S/C25H28N2O5S/c1-4-31-23-11-16(6-10-22(23)30-3)19-13-18(32-15(2)28)7-9-20(19)27-25(29)17-5-8-21-24(12-17)33-14-26-21/h5-6,8,10-12,14,18-20H,4,7,9,13H2,1-3H3,(H,27,29). The molecule has 1 saturated carbocycles. The summed E-state index contributed by atoms with van der Waals surface area (Å²) in [4.78, 5) is 29.0. The monoisotopic (exact) mass is 468 g/mol. The van der Waals surface area contributed by atoms with E-state index in [0.717, 1.165) is 15.8 Å². The maximum Gasteiger partial charge on any atom is 0.302 e. The number of esters is 1. The van der Waals surface area contributed by atoms with Crippen LogP contribution in [0.15, 0.2) is 41.9 Å². The van der Waals surface area contributed by atoms with Gasteiger partial charge in [0.1, 0.15) is 6.10 Å². The van der Waals surface area contributed by atoms with E-state index >= 15 is 0 Å². The summed E-state index contributed by atoms with van der Waals surface area (Å²) in [5.41, 5.74) is 4.29. The molecule has 1 N–H and O–H groups in total. The van der Waals surface area contributed by atoms with Crippen LogP contribution in [-0.2, 0) is 9.53 Å². The third kappa shape index (κ3) is 5.27. The van der Waals surface area contributed by atoms with Crippen molar-refractivity contribution in [1.82, 2.24) is 10.3 Å². The van der Waals surface area contributed by atoms with Crippen LogP contribution in [0.2, 0.25) is 0 Å². The minimum atomic E-state index is -0.288. The van der Waals surface area contributed by atoms with Gasteiger partial charge in [0.15, 0.2) is 11.5 Å². The van der Waals surface area contributed by atoms with Crippen LogP contribution in [0.25, 0.3) is 10.2 Å². The lowest BCUT2D eigenvalue weighted by atomic mass is 9.78. The molecule has 1 aliphatic rings. The van der Waals surface area contributed by atoms with Gasteiger partial charge in [0.05, 0.1) is 29.4 Å². The van der Waals surface area contributed by atoms with Crippen LogP contribution < -0.4 is 14.8 Å². The number of methoxy groups -OCH3 is 1. The normalized spacial score (nSPS) is 20.3. The van der Waals surface area contributed by atoms with Crippen molar-refractivity contribution in [2.24, 2.45) is 0 Å². The molecule has 3 aromatic rings. The highest BCUT2D eigenvalue weighted by Gasteiger charge is 2.34. The molecule has 3 unspecified atom stereocenters. The summed E-state index contributed by atoms with van der Waals surface area (Å²) >= 11 is 1.51. The summed E-state index contributed by atoms with van der Waals surface area (Å²) in [6.45, 7) is 3.87. The Morgan fingerprint density at radius 1 is 1.15 bits per heavy atom. The van der Waals surface area contributed by atoms with Crippen LogP contribution in [0.4, 0.5) is 0 Å². The molecule has 0 spiro atoms. The Balaban J connectivity index is 1.60. The Kier molecular flexibility index (Phi) is 7.13. The van der Waals surface area contributed by atoms with Crippen molar-refractivity contribution in [2.45, 2.75) is 51.2 Å².